The number of aromatic nitrogens is 5. The third kappa shape index (κ3) is 4.83. The molecule has 10 heteroatoms. The molecule has 4 aromatic rings. The van der Waals surface area contributed by atoms with E-state index in [-0.39, 0.29) is 29.2 Å². The molecule has 1 saturated carbocycles. The summed E-state index contributed by atoms with van der Waals surface area (Å²) in [5, 5.41) is 19.5. The largest absolute Gasteiger partial charge is 0.477 e. The molecule has 1 aromatic carbocycles. The van der Waals surface area contributed by atoms with E-state index in [2.05, 4.69) is 22.1 Å². The zero-order chi connectivity index (χ0) is 26.3. The smallest absolute Gasteiger partial charge is 0.341 e. The number of amides is 1. The van der Waals surface area contributed by atoms with Gasteiger partial charge in [-0.05, 0) is 69.7 Å². The average molecular weight is 521 g/mol. The van der Waals surface area contributed by atoms with Gasteiger partial charge in [-0.2, -0.15) is 5.10 Å². The number of hydrogen-bond acceptors (Lipinski definition) is 5. The first-order chi connectivity index (χ1) is 17.7. The van der Waals surface area contributed by atoms with Gasteiger partial charge in [0.05, 0.1) is 16.4 Å². The molecule has 0 bridgehead atoms. The summed E-state index contributed by atoms with van der Waals surface area (Å²) < 4.78 is 3.13. The standard InChI is InChI=1S/C27H29ClN6O3/c1-16(2)34(26(35)18-7-5-17(3)6-8-18)25-21(27(36)37)15-33(31-25)19-9-10-20(22(28)13-19)23-14-24-29-11-4-12-32(24)30-23/h4,9-18H,5-8H2,1-3H3,(H,36,37)/t17-,18-. The Balaban J connectivity index is 1.49. The van der Waals surface area contributed by atoms with Gasteiger partial charge in [-0.15, -0.1) is 5.10 Å². The SMILES string of the molecule is CC(C)N(c1nn(-c2ccc(-c3cc4ncccn4n3)c(Cl)c2)cc1C(=O)O)C(=O)[C@H]1CC[C@H](C)CC1. The lowest BCUT2D eigenvalue weighted by molar-refractivity contribution is -0.124. The van der Waals surface area contributed by atoms with Gasteiger partial charge < -0.3 is 5.11 Å². The van der Waals surface area contributed by atoms with E-state index in [1.807, 2.05) is 32.2 Å². The van der Waals surface area contributed by atoms with Gasteiger partial charge in [-0.25, -0.2) is 19.0 Å². The molecule has 3 aromatic heterocycles. The number of anilines is 1. The molecule has 0 atom stereocenters. The molecular weight excluding hydrogens is 492 g/mol. The lowest BCUT2D eigenvalue weighted by Crippen LogP contribution is -2.43. The number of carbonyl (C=O) groups is 2. The zero-order valence-electron chi connectivity index (χ0n) is 21.0. The van der Waals surface area contributed by atoms with Crippen LogP contribution in [0.5, 0.6) is 0 Å². The van der Waals surface area contributed by atoms with E-state index >= 15 is 0 Å². The number of rotatable bonds is 6. The van der Waals surface area contributed by atoms with Crippen molar-refractivity contribution in [2.75, 3.05) is 4.90 Å². The van der Waals surface area contributed by atoms with Crippen LogP contribution in [0.15, 0.2) is 48.9 Å². The predicted molar refractivity (Wildman–Crippen MR) is 141 cm³/mol. The van der Waals surface area contributed by atoms with Gasteiger partial charge in [0.2, 0.25) is 5.91 Å². The van der Waals surface area contributed by atoms with Crippen LogP contribution in [0.4, 0.5) is 5.82 Å². The molecular formula is C27H29ClN6O3. The summed E-state index contributed by atoms with van der Waals surface area (Å²) in [6, 6.07) is 8.71. The molecule has 192 valence electrons. The number of carboxylic acid groups (broad SMARTS) is 1. The molecule has 0 unspecified atom stereocenters. The normalized spacial score (nSPS) is 17.9. The molecule has 37 heavy (non-hydrogen) atoms. The van der Waals surface area contributed by atoms with E-state index in [1.165, 1.54) is 10.9 Å². The Hall–Kier alpha value is -3.72. The van der Waals surface area contributed by atoms with Gasteiger partial charge in [0.15, 0.2) is 11.5 Å². The molecule has 1 fully saturated rings. The summed E-state index contributed by atoms with van der Waals surface area (Å²) in [6.45, 7) is 5.96. The molecule has 0 radical (unpaired) electrons. The predicted octanol–water partition coefficient (Wildman–Crippen LogP) is 5.50. The molecule has 3 heterocycles. The maximum absolute atomic E-state index is 13.5. The average Bonchev–Trinajstić information content (AvgIpc) is 3.49. The molecule has 1 N–H and O–H groups in total. The van der Waals surface area contributed by atoms with Crippen molar-refractivity contribution in [3.8, 4) is 16.9 Å². The van der Waals surface area contributed by atoms with Gasteiger partial charge in [0.25, 0.3) is 0 Å². The van der Waals surface area contributed by atoms with Crippen molar-refractivity contribution in [3.63, 3.8) is 0 Å². The monoisotopic (exact) mass is 520 g/mol. The summed E-state index contributed by atoms with van der Waals surface area (Å²) in [5.41, 5.74) is 2.63. The third-order valence-corrected chi connectivity index (χ3v) is 7.31. The van der Waals surface area contributed by atoms with Crippen LogP contribution >= 0.6 is 11.6 Å². The fraction of sp³-hybridized carbons (Fsp3) is 0.370. The molecule has 1 amide bonds. The van der Waals surface area contributed by atoms with Crippen LogP contribution in [0.25, 0.3) is 22.6 Å². The van der Waals surface area contributed by atoms with Crippen molar-refractivity contribution in [1.29, 1.82) is 0 Å². The topological polar surface area (TPSA) is 106 Å². The summed E-state index contributed by atoms with van der Waals surface area (Å²) in [4.78, 5) is 31.6. The van der Waals surface area contributed by atoms with Crippen LogP contribution in [0.1, 0.15) is 56.8 Å². The van der Waals surface area contributed by atoms with Crippen LogP contribution in [0.2, 0.25) is 5.02 Å². The molecule has 5 rings (SSSR count). The van der Waals surface area contributed by atoms with E-state index in [4.69, 9.17) is 11.6 Å². The van der Waals surface area contributed by atoms with Gasteiger partial charge in [0, 0.05) is 42.2 Å². The van der Waals surface area contributed by atoms with Gasteiger partial charge in [-0.3, -0.25) is 9.69 Å². The number of halogens is 1. The minimum absolute atomic E-state index is 0.0298. The number of carbonyl (C=O) groups excluding carboxylic acids is 1. The summed E-state index contributed by atoms with van der Waals surface area (Å²) in [7, 11) is 0. The zero-order valence-corrected chi connectivity index (χ0v) is 21.8. The highest BCUT2D eigenvalue weighted by atomic mass is 35.5. The molecule has 9 nitrogen and oxygen atoms in total. The van der Waals surface area contributed by atoms with E-state index in [9.17, 15) is 14.7 Å². The molecule has 0 spiro atoms. The summed E-state index contributed by atoms with van der Waals surface area (Å²) >= 11 is 6.64. The Morgan fingerprint density at radius 1 is 1.14 bits per heavy atom. The molecule has 1 aliphatic carbocycles. The number of carboxylic acids is 1. The van der Waals surface area contributed by atoms with Gasteiger partial charge >= 0.3 is 5.97 Å². The van der Waals surface area contributed by atoms with E-state index in [0.29, 0.717) is 33.5 Å². The van der Waals surface area contributed by atoms with Crippen molar-refractivity contribution in [1.82, 2.24) is 24.4 Å². The third-order valence-electron chi connectivity index (χ3n) is 7.00. The van der Waals surface area contributed by atoms with Crippen molar-refractivity contribution in [2.24, 2.45) is 11.8 Å². The second-order valence-electron chi connectivity index (χ2n) is 9.99. The van der Waals surface area contributed by atoms with E-state index < -0.39 is 5.97 Å². The fourth-order valence-corrected chi connectivity index (χ4v) is 5.22. The summed E-state index contributed by atoms with van der Waals surface area (Å²) in [6.07, 6.45) is 8.54. The Labute approximate surface area is 219 Å². The van der Waals surface area contributed by atoms with Gasteiger partial charge in [0.1, 0.15) is 5.56 Å². The number of hydrogen-bond donors (Lipinski definition) is 1. The Morgan fingerprint density at radius 2 is 1.89 bits per heavy atom. The highest BCUT2D eigenvalue weighted by molar-refractivity contribution is 6.33. The van der Waals surface area contributed by atoms with Crippen LogP contribution < -0.4 is 4.90 Å². The second-order valence-corrected chi connectivity index (χ2v) is 10.4. The van der Waals surface area contributed by atoms with Crippen molar-refractivity contribution in [2.45, 2.75) is 52.5 Å². The first-order valence-electron chi connectivity index (χ1n) is 12.5. The highest BCUT2D eigenvalue weighted by Crippen LogP contribution is 2.34. The Bertz CT molecular complexity index is 1440. The first kappa shape index (κ1) is 25.0. The number of benzene rings is 1. The van der Waals surface area contributed by atoms with Crippen molar-refractivity contribution >= 4 is 34.9 Å². The Morgan fingerprint density at radius 3 is 2.54 bits per heavy atom. The van der Waals surface area contributed by atoms with Crippen LogP contribution in [0.3, 0.4) is 0 Å². The molecule has 0 saturated heterocycles. The lowest BCUT2D eigenvalue weighted by Gasteiger charge is -2.32. The van der Waals surface area contributed by atoms with Crippen LogP contribution in [-0.4, -0.2) is 47.4 Å². The van der Waals surface area contributed by atoms with Crippen LogP contribution in [0, 0.1) is 11.8 Å². The number of aromatic carboxylic acids is 1. The molecule has 0 aliphatic heterocycles. The number of nitrogens with zero attached hydrogens (tertiary/aromatic N) is 6. The minimum Gasteiger partial charge on any atom is -0.477 e. The van der Waals surface area contributed by atoms with Crippen LogP contribution in [-0.2, 0) is 4.79 Å². The van der Waals surface area contributed by atoms with E-state index in [1.54, 1.807) is 33.8 Å². The Kier molecular flexibility index (Phi) is 6.72. The highest BCUT2D eigenvalue weighted by Gasteiger charge is 2.34. The quantitative estimate of drug-likeness (QED) is 0.360. The van der Waals surface area contributed by atoms with Crippen molar-refractivity contribution in [3.05, 3.63) is 59.5 Å². The maximum atomic E-state index is 13.5. The number of fused-ring (bicyclic) bond motifs is 1. The molecule has 1 aliphatic rings. The maximum Gasteiger partial charge on any atom is 0.341 e. The van der Waals surface area contributed by atoms with E-state index in [0.717, 1.165) is 25.7 Å². The first-order valence-corrected chi connectivity index (χ1v) is 12.9. The van der Waals surface area contributed by atoms with Gasteiger partial charge in [-0.1, -0.05) is 18.5 Å². The lowest BCUT2D eigenvalue weighted by atomic mass is 9.82. The van der Waals surface area contributed by atoms with Crippen molar-refractivity contribution < 1.29 is 14.7 Å². The minimum atomic E-state index is -1.14. The second kappa shape index (κ2) is 9.97. The summed E-state index contributed by atoms with van der Waals surface area (Å²) in [5.74, 6) is -0.577. The fourth-order valence-electron chi connectivity index (χ4n) is 4.95.